The van der Waals surface area contributed by atoms with Crippen LogP contribution in [-0.4, -0.2) is 23.1 Å². The number of halogens is 6. The fourth-order valence-electron chi connectivity index (χ4n) is 6.71. The topological polar surface area (TPSA) is 20.2 Å². The molecule has 0 aromatic rings. The van der Waals surface area contributed by atoms with Crippen molar-refractivity contribution in [3.63, 3.8) is 0 Å². The molecule has 7 unspecified atom stereocenters. The third kappa shape index (κ3) is 2.04. The number of alkyl halides is 6. The van der Waals surface area contributed by atoms with E-state index in [1.165, 1.54) is 6.42 Å². The molecule has 4 aliphatic rings. The quantitative estimate of drug-likeness (QED) is 0.577. The highest BCUT2D eigenvalue weighted by molar-refractivity contribution is 5.12. The third-order valence-corrected chi connectivity index (χ3v) is 7.37. The van der Waals surface area contributed by atoms with Crippen LogP contribution in [-0.2, 0) is 0 Å². The SMILES string of the molecule is OC(CC1CC2CC1C1C3CCC(C3)C21)(C(F)(F)F)C(F)(F)F. The first kappa shape index (κ1) is 16.0. The molecule has 4 fully saturated rings. The molecule has 23 heavy (non-hydrogen) atoms. The van der Waals surface area contributed by atoms with Gasteiger partial charge in [-0.15, -0.1) is 0 Å². The van der Waals surface area contributed by atoms with Crippen LogP contribution in [0.15, 0.2) is 0 Å². The fourth-order valence-corrected chi connectivity index (χ4v) is 6.71. The Morgan fingerprint density at radius 3 is 1.87 bits per heavy atom. The smallest absolute Gasteiger partial charge is 0.374 e. The average molecular weight is 342 g/mol. The van der Waals surface area contributed by atoms with E-state index in [1.807, 2.05) is 0 Å². The van der Waals surface area contributed by atoms with E-state index in [2.05, 4.69) is 0 Å². The highest BCUT2D eigenvalue weighted by atomic mass is 19.4. The molecule has 7 atom stereocenters. The van der Waals surface area contributed by atoms with Crippen LogP contribution in [0.1, 0.15) is 38.5 Å². The van der Waals surface area contributed by atoms with Crippen molar-refractivity contribution in [2.24, 2.45) is 41.4 Å². The predicted octanol–water partition coefficient (Wildman–Crippen LogP) is 4.55. The molecule has 0 aromatic heterocycles. The van der Waals surface area contributed by atoms with Gasteiger partial charge in [0.05, 0.1) is 0 Å². The zero-order valence-electron chi connectivity index (χ0n) is 12.5. The summed E-state index contributed by atoms with van der Waals surface area (Å²) < 4.78 is 77.7. The molecule has 1 N–H and O–H groups in total. The molecule has 0 radical (unpaired) electrons. The number of hydrogen-bond acceptors (Lipinski definition) is 1. The van der Waals surface area contributed by atoms with E-state index in [1.54, 1.807) is 0 Å². The Balaban J connectivity index is 1.56. The average Bonchev–Trinajstić information content (AvgIpc) is 3.14. The molecule has 0 saturated heterocycles. The van der Waals surface area contributed by atoms with Crippen LogP contribution in [0.2, 0.25) is 0 Å². The minimum absolute atomic E-state index is 0.0588. The maximum atomic E-state index is 12.9. The van der Waals surface area contributed by atoms with Gasteiger partial charge >= 0.3 is 12.4 Å². The van der Waals surface area contributed by atoms with Gasteiger partial charge in [0.1, 0.15) is 0 Å². The van der Waals surface area contributed by atoms with Gasteiger partial charge in [-0.1, -0.05) is 0 Å². The Kier molecular flexibility index (Phi) is 3.19. The van der Waals surface area contributed by atoms with Crippen LogP contribution < -0.4 is 0 Å². The van der Waals surface area contributed by atoms with Crippen molar-refractivity contribution in [1.29, 1.82) is 0 Å². The lowest BCUT2D eigenvalue weighted by Gasteiger charge is -2.42. The second-order valence-corrected chi connectivity index (χ2v) is 8.20. The molecule has 0 aliphatic heterocycles. The third-order valence-electron chi connectivity index (χ3n) is 7.37. The number of rotatable bonds is 2. The van der Waals surface area contributed by atoms with Crippen LogP contribution in [0.4, 0.5) is 26.3 Å². The van der Waals surface area contributed by atoms with Crippen molar-refractivity contribution in [1.82, 2.24) is 0 Å². The standard InChI is InChI=1S/C16H20F6O/c17-15(18,19)14(23,16(20,21)22)6-10-4-9-5-11(10)13-8-2-1-7(3-8)12(9)13/h7-13,23H,1-6H2. The fraction of sp³-hybridized carbons (Fsp3) is 1.00. The lowest BCUT2D eigenvalue weighted by molar-refractivity contribution is -0.373. The summed E-state index contributed by atoms with van der Waals surface area (Å²) in [5.41, 5.74) is -4.57. The van der Waals surface area contributed by atoms with Crippen LogP contribution in [0, 0.1) is 41.4 Å². The van der Waals surface area contributed by atoms with Gasteiger partial charge in [0.2, 0.25) is 0 Å². The number of fused-ring (bicyclic) bond motifs is 9. The first-order valence-electron chi connectivity index (χ1n) is 8.39. The van der Waals surface area contributed by atoms with Gasteiger partial charge in [-0.3, -0.25) is 0 Å². The molecule has 0 amide bonds. The lowest BCUT2D eigenvalue weighted by atomic mass is 9.65. The van der Waals surface area contributed by atoms with Crippen molar-refractivity contribution in [3.8, 4) is 0 Å². The Morgan fingerprint density at radius 2 is 1.30 bits per heavy atom. The summed E-state index contributed by atoms with van der Waals surface area (Å²) in [4.78, 5) is 0. The van der Waals surface area contributed by atoms with Gasteiger partial charge in [0, 0.05) is 0 Å². The summed E-state index contributed by atoms with van der Waals surface area (Å²) >= 11 is 0. The molecule has 1 nitrogen and oxygen atoms in total. The second-order valence-electron chi connectivity index (χ2n) is 8.20. The molecule has 0 aromatic carbocycles. The van der Waals surface area contributed by atoms with Gasteiger partial charge in [0.25, 0.3) is 5.60 Å². The monoisotopic (exact) mass is 342 g/mol. The van der Waals surface area contributed by atoms with Crippen LogP contribution in [0.5, 0.6) is 0 Å². The Morgan fingerprint density at radius 1 is 0.739 bits per heavy atom. The van der Waals surface area contributed by atoms with Crippen molar-refractivity contribution in [2.75, 3.05) is 0 Å². The molecule has 132 valence electrons. The van der Waals surface area contributed by atoms with Gasteiger partial charge in [-0.05, 0) is 80.0 Å². The summed E-state index contributed by atoms with van der Waals surface area (Å²) in [5, 5.41) is 9.50. The molecule has 0 heterocycles. The van der Waals surface area contributed by atoms with Crippen molar-refractivity contribution < 1.29 is 31.4 Å². The molecule has 4 rings (SSSR count). The summed E-state index contributed by atoms with van der Waals surface area (Å²) in [7, 11) is 0. The predicted molar refractivity (Wildman–Crippen MR) is 69.2 cm³/mol. The normalized spacial score (nSPS) is 45.8. The maximum Gasteiger partial charge on any atom is 0.426 e. The van der Waals surface area contributed by atoms with Crippen LogP contribution >= 0.6 is 0 Å². The molecule has 7 heteroatoms. The molecule has 0 spiro atoms. The maximum absolute atomic E-state index is 12.9. The van der Waals surface area contributed by atoms with E-state index >= 15 is 0 Å². The van der Waals surface area contributed by atoms with Gasteiger partial charge in [-0.2, -0.15) is 26.3 Å². The zero-order chi connectivity index (χ0) is 16.8. The van der Waals surface area contributed by atoms with E-state index in [4.69, 9.17) is 0 Å². The number of aliphatic hydroxyl groups is 1. The van der Waals surface area contributed by atoms with E-state index < -0.39 is 30.3 Å². The molecule has 4 bridgehead atoms. The van der Waals surface area contributed by atoms with Crippen molar-refractivity contribution in [2.45, 2.75) is 56.5 Å². The van der Waals surface area contributed by atoms with Gasteiger partial charge in [-0.25, -0.2) is 0 Å². The van der Waals surface area contributed by atoms with Gasteiger partial charge < -0.3 is 5.11 Å². The summed E-state index contributed by atoms with van der Waals surface area (Å²) in [5.74, 6) is 1.53. The first-order chi connectivity index (χ1) is 10.5. The van der Waals surface area contributed by atoms with Crippen LogP contribution in [0.25, 0.3) is 0 Å². The van der Waals surface area contributed by atoms with Crippen molar-refractivity contribution in [3.05, 3.63) is 0 Å². The largest absolute Gasteiger partial charge is 0.426 e. The van der Waals surface area contributed by atoms with E-state index in [0.29, 0.717) is 30.1 Å². The molecular formula is C16H20F6O. The zero-order valence-corrected chi connectivity index (χ0v) is 12.5. The lowest BCUT2D eigenvalue weighted by Crippen LogP contribution is -2.58. The Bertz CT molecular complexity index is 484. The highest BCUT2D eigenvalue weighted by Gasteiger charge is 2.72. The van der Waals surface area contributed by atoms with Crippen LogP contribution in [0.3, 0.4) is 0 Å². The first-order valence-corrected chi connectivity index (χ1v) is 8.39. The highest BCUT2D eigenvalue weighted by Crippen LogP contribution is 2.70. The van der Waals surface area contributed by atoms with Crippen molar-refractivity contribution >= 4 is 0 Å². The molecular weight excluding hydrogens is 322 g/mol. The summed E-state index contributed by atoms with van der Waals surface area (Å²) in [6.07, 6.45) is -8.04. The Labute approximate surface area is 130 Å². The van der Waals surface area contributed by atoms with E-state index in [9.17, 15) is 31.4 Å². The second kappa shape index (κ2) is 4.58. The summed E-state index contributed by atoms with van der Waals surface area (Å²) in [6.45, 7) is 0. The summed E-state index contributed by atoms with van der Waals surface area (Å²) in [6, 6.07) is 0. The van der Waals surface area contributed by atoms with E-state index in [0.717, 1.165) is 19.3 Å². The molecule has 4 aliphatic carbocycles. The minimum atomic E-state index is -5.68. The number of hydrogen-bond donors (Lipinski definition) is 1. The van der Waals surface area contributed by atoms with Gasteiger partial charge in [0.15, 0.2) is 0 Å². The Hall–Kier alpha value is -0.460. The molecule has 4 saturated carbocycles. The minimum Gasteiger partial charge on any atom is -0.374 e. The van der Waals surface area contributed by atoms with E-state index in [-0.39, 0.29) is 11.8 Å².